The first-order chi connectivity index (χ1) is 15.3. The summed E-state index contributed by atoms with van der Waals surface area (Å²) in [7, 11) is 0. The maximum Gasteiger partial charge on any atom is 0.255 e. The number of nitrogens with zero attached hydrogens (tertiary/aromatic N) is 4. The van der Waals surface area contributed by atoms with Crippen molar-refractivity contribution >= 4 is 35.0 Å². The molecule has 4 aromatic rings. The molecule has 0 atom stereocenters. The Morgan fingerprint density at radius 2 is 1.81 bits per heavy atom. The quantitative estimate of drug-likeness (QED) is 0.437. The standard InChI is InChI=1S/C23H22N6O2S/c1-13-10-17(8-9-18(13)20(24)30)26-21(31)19-7-5-4-6-16(19)12-32-23-27-22-25-14(2)11-15(3)29(22)28-23/h4-11H,12H2,1-3H3,(H2,24,30)(H,26,31). The molecule has 0 aliphatic heterocycles. The lowest BCUT2D eigenvalue weighted by molar-refractivity contribution is 0.0997. The van der Waals surface area contributed by atoms with E-state index in [2.05, 4.69) is 20.4 Å². The van der Waals surface area contributed by atoms with E-state index in [4.69, 9.17) is 5.73 Å². The summed E-state index contributed by atoms with van der Waals surface area (Å²) in [5.74, 6) is 0.358. The summed E-state index contributed by atoms with van der Waals surface area (Å²) in [5.41, 5.74) is 10.4. The summed E-state index contributed by atoms with van der Waals surface area (Å²) in [6.07, 6.45) is 0. The molecule has 162 valence electrons. The number of carbonyl (C=O) groups is 2. The largest absolute Gasteiger partial charge is 0.366 e. The van der Waals surface area contributed by atoms with Crippen molar-refractivity contribution in [2.75, 3.05) is 5.32 Å². The number of fused-ring (bicyclic) bond motifs is 1. The monoisotopic (exact) mass is 446 g/mol. The smallest absolute Gasteiger partial charge is 0.255 e. The van der Waals surface area contributed by atoms with Crippen LogP contribution in [0.5, 0.6) is 0 Å². The van der Waals surface area contributed by atoms with E-state index >= 15 is 0 Å². The molecule has 32 heavy (non-hydrogen) atoms. The van der Waals surface area contributed by atoms with Gasteiger partial charge in [-0.1, -0.05) is 30.0 Å². The molecule has 0 spiro atoms. The van der Waals surface area contributed by atoms with Crippen molar-refractivity contribution in [1.29, 1.82) is 0 Å². The topological polar surface area (TPSA) is 115 Å². The third-order valence-corrected chi connectivity index (χ3v) is 5.85. The van der Waals surface area contributed by atoms with E-state index in [1.165, 1.54) is 11.8 Å². The number of rotatable bonds is 6. The van der Waals surface area contributed by atoms with Gasteiger partial charge in [0.1, 0.15) is 0 Å². The number of nitrogens with one attached hydrogen (secondary N) is 1. The van der Waals surface area contributed by atoms with Gasteiger partial charge in [-0.15, -0.1) is 5.10 Å². The number of nitrogens with two attached hydrogens (primary N) is 1. The lowest BCUT2D eigenvalue weighted by Gasteiger charge is -2.11. The second-order valence-electron chi connectivity index (χ2n) is 7.44. The zero-order chi connectivity index (χ0) is 22.8. The van der Waals surface area contributed by atoms with Crippen molar-refractivity contribution in [3.63, 3.8) is 0 Å². The van der Waals surface area contributed by atoms with Crippen LogP contribution in [0.4, 0.5) is 5.69 Å². The fraction of sp³-hybridized carbons (Fsp3) is 0.174. The zero-order valence-corrected chi connectivity index (χ0v) is 18.7. The third kappa shape index (κ3) is 4.47. The fourth-order valence-electron chi connectivity index (χ4n) is 3.44. The summed E-state index contributed by atoms with van der Waals surface area (Å²) >= 11 is 1.44. The second-order valence-corrected chi connectivity index (χ2v) is 8.38. The molecule has 9 heteroatoms. The van der Waals surface area contributed by atoms with Crippen molar-refractivity contribution in [3.8, 4) is 0 Å². The SMILES string of the molecule is Cc1cc(C)n2nc(SCc3ccccc3C(=O)Nc3ccc(C(N)=O)c(C)c3)nc2n1. The van der Waals surface area contributed by atoms with Crippen LogP contribution >= 0.6 is 11.8 Å². The van der Waals surface area contributed by atoms with E-state index in [0.717, 1.165) is 17.0 Å². The minimum absolute atomic E-state index is 0.233. The number of primary amides is 1. The molecule has 2 aromatic carbocycles. The van der Waals surface area contributed by atoms with E-state index < -0.39 is 5.91 Å². The molecule has 0 aliphatic rings. The van der Waals surface area contributed by atoms with Gasteiger partial charge in [-0.25, -0.2) is 9.50 Å². The highest BCUT2D eigenvalue weighted by Crippen LogP contribution is 2.24. The van der Waals surface area contributed by atoms with E-state index in [1.54, 1.807) is 35.7 Å². The molecule has 4 rings (SSSR count). The summed E-state index contributed by atoms with van der Waals surface area (Å²) in [5, 5.41) is 8.00. The van der Waals surface area contributed by atoms with Gasteiger partial charge in [-0.2, -0.15) is 4.98 Å². The Labute approximate surface area is 189 Å². The molecule has 2 amide bonds. The molecule has 0 aliphatic carbocycles. The lowest BCUT2D eigenvalue weighted by Crippen LogP contribution is -2.16. The number of aromatic nitrogens is 4. The van der Waals surface area contributed by atoms with Gasteiger partial charge in [-0.05, 0) is 62.2 Å². The lowest BCUT2D eigenvalue weighted by atomic mass is 10.1. The van der Waals surface area contributed by atoms with Crippen LogP contribution in [0.1, 0.15) is 43.2 Å². The number of benzene rings is 2. The molecular formula is C23H22N6O2S. The number of carbonyl (C=O) groups excluding carboxylic acids is 2. The van der Waals surface area contributed by atoms with Gasteiger partial charge in [0.15, 0.2) is 0 Å². The van der Waals surface area contributed by atoms with Crippen LogP contribution in [0, 0.1) is 20.8 Å². The Hall–Kier alpha value is -3.72. The Morgan fingerprint density at radius 3 is 2.56 bits per heavy atom. The number of amides is 2. The van der Waals surface area contributed by atoms with Crippen LogP contribution in [0.25, 0.3) is 5.78 Å². The second kappa shape index (κ2) is 8.80. The summed E-state index contributed by atoms with van der Waals surface area (Å²) in [6.45, 7) is 5.66. The molecule has 0 unspecified atom stereocenters. The van der Waals surface area contributed by atoms with E-state index in [1.807, 2.05) is 38.1 Å². The molecule has 3 N–H and O–H groups in total. The molecule has 0 radical (unpaired) electrons. The van der Waals surface area contributed by atoms with E-state index in [-0.39, 0.29) is 5.91 Å². The van der Waals surface area contributed by atoms with Gasteiger partial charge in [0.05, 0.1) is 0 Å². The molecule has 8 nitrogen and oxygen atoms in total. The number of thioether (sulfide) groups is 1. The Bertz CT molecular complexity index is 1350. The number of hydrogen-bond donors (Lipinski definition) is 2. The van der Waals surface area contributed by atoms with Crippen LogP contribution < -0.4 is 11.1 Å². The van der Waals surface area contributed by atoms with Gasteiger partial charge < -0.3 is 11.1 Å². The molecule has 0 saturated heterocycles. The number of hydrogen-bond acceptors (Lipinski definition) is 6. The Kier molecular flexibility index (Phi) is 5.91. The Morgan fingerprint density at radius 1 is 1.03 bits per heavy atom. The number of anilines is 1. The summed E-state index contributed by atoms with van der Waals surface area (Å²) in [4.78, 5) is 33.3. The average molecular weight is 447 g/mol. The van der Waals surface area contributed by atoms with E-state index in [0.29, 0.717) is 39.1 Å². The van der Waals surface area contributed by atoms with Crippen molar-refractivity contribution in [2.45, 2.75) is 31.7 Å². The van der Waals surface area contributed by atoms with Crippen LogP contribution in [0.15, 0.2) is 53.7 Å². The average Bonchev–Trinajstić information content (AvgIpc) is 3.15. The predicted octanol–water partition coefficient (Wildman–Crippen LogP) is 3.69. The molecule has 2 heterocycles. The highest BCUT2D eigenvalue weighted by Gasteiger charge is 2.15. The van der Waals surface area contributed by atoms with Gasteiger partial charge >= 0.3 is 0 Å². The van der Waals surface area contributed by atoms with E-state index in [9.17, 15) is 9.59 Å². The van der Waals surface area contributed by atoms with Crippen molar-refractivity contribution < 1.29 is 9.59 Å². The van der Waals surface area contributed by atoms with Crippen LogP contribution in [0.3, 0.4) is 0 Å². The van der Waals surface area contributed by atoms with Crippen molar-refractivity contribution in [3.05, 3.63) is 82.2 Å². The minimum atomic E-state index is -0.496. The minimum Gasteiger partial charge on any atom is -0.366 e. The zero-order valence-electron chi connectivity index (χ0n) is 17.9. The highest BCUT2D eigenvalue weighted by atomic mass is 32.2. The maximum absolute atomic E-state index is 12.9. The molecule has 0 fully saturated rings. The number of aryl methyl sites for hydroxylation is 3. The first-order valence-electron chi connectivity index (χ1n) is 9.95. The fourth-order valence-corrected chi connectivity index (χ4v) is 4.26. The van der Waals surface area contributed by atoms with Crippen molar-refractivity contribution in [2.24, 2.45) is 5.73 Å². The van der Waals surface area contributed by atoms with Crippen LogP contribution in [-0.4, -0.2) is 31.4 Å². The predicted molar refractivity (Wildman–Crippen MR) is 124 cm³/mol. The molecular weight excluding hydrogens is 424 g/mol. The Balaban J connectivity index is 1.51. The normalized spacial score (nSPS) is 11.0. The summed E-state index contributed by atoms with van der Waals surface area (Å²) < 4.78 is 1.71. The summed E-state index contributed by atoms with van der Waals surface area (Å²) in [6, 6.07) is 14.4. The van der Waals surface area contributed by atoms with Crippen LogP contribution in [-0.2, 0) is 5.75 Å². The molecule has 2 aromatic heterocycles. The van der Waals surface area contributed by atoms with Gasteiger partial charge in [0, 0.05) is 34.0 Å². The van der Waals surface area contributed by atoms with Gasteiger partial charge in [0.2, 0.25) is 11.1 Å². The molecule has 0 bridgehead atoms. The van der Waals surface area contributed by atoms with Crippen molar-refractivity contribution in [1.82, 2.24) is 19.6 Å². The maximum atomic E-state index is 12.9. The first kappa shape index (κ1) is 21.5. The van der Waals surface area contributed by atoms with Gasteiger partial charge in [-0.3, -0.25) is 9.59 Å². The van der Waals surface area contributed by atoms with Gasteiger partial charge in [0.25, 0.3) is 11.7 Å². The first-order valence-corrected chi connectivity index (χ1v) is 10.9. The molecule has 0 saturated carbocycles. The highest BCUT2D eigenvalue weighted by molar-refractivity contribution is 7.98. The van der Waals surface area contributed by atoms with Crippen LogP contribution in [0.2, 0.25) is 0 Å². The third-order valence-electron chi connectivity index (χ3n) is 4.97.